The number of aryl methyl sites for hydroxylation is 2. The lowest BCUT2D eigenvalue weighted by Crippen LogP contribution is -2.42. The molecule has 1 fully saturated rings. The van der Waals surface area contributed by atoms with Gasteiger partial charge in [0, 0.05) is 24.0 Å². The molecule has 118 valence electrons. The second-order valence-corrected chi connectivity index (χ2v) is 6.82. The zero-order valence-electron chi connectivity index (χ0n) is 13.2. The van der Waals surface area contributed by atoms with Crippen LogP contribution in [-0.4, -0.2) is 48.7 Å². The molecule has 22 heavy (non-hydrogen) atoms. The number of carbonyl (C=O) groups excluding carboxylic acids is 1. The molecule has 1 saturated heterocycles. The van der Waals surface area contributed by atoms with E-state index in [-0.39, 0.29) is 5.91 Å². The van der Waals surface area contributed by atoms with Gasteiger partial charge in [0.25, 0.3) is 5.78 Å². The van der Waals surface area contributed by atoms with E-state index in [1.165, 1.54) is 18.2 Å². The summed E-state index contributed by atoms with van der Waals surface area (Å²) in [6.45, 7) is 6.95. The summed E-state index contributed by atoms with van der Waals surface area (Å²) < 4.78 is 1.91. The van der Waals surface area contributed by atoms with Gasteiger partial charge in [-0.3, -0.25) is 9.20 Å². The Kier molecular flexibility index (Phi) is 4.33. The fraction of sp³-hybridized carbons (Fsp3) is 0.600. The van der Waals surface area contributed by atoms with Crippen LogP contribution < -0.4 is 0 Å². The molecule has 7 heteroatoms. The molecule has 0 radical (unpaired) electrons. The lowest BCUT2D eigenvalue weighted by molar-refractivity contribution is -0.131. The third-order valence-corrected chi connectivity index (χ3v) is 5.02. The van der Waals surface area contributed by atoms with Crippen molar-refractivity contribution in [2.75, 3.05) is 12.3 Å². The molecule has 2 aromatic rings. The smallest absolute Gasteiger partial charge is 0.256 e. The van der Waals surface area contributed by atoms with Crippen LogP contribution in [0, 0.1) is 13.8 Å². The molecule has 1 aliphatic rings. The molecule has 1 atom stereocenters. The summed E-state index contributed by atoms with van der Waals surface area (Å²) in [5, 5.41) is 9.01. The first-order chi connectivity index (χ1) is 10.6. The van der Waals surface area contributed by atoms with E-state index in [9.17, 15) is 4.79 Å². The Balaban J connectivity index is 1.73. The SMILES string of the molecule is Cc1cc(C)n2c(SCC(=O)N3CCCC[C@H]3C)nnc2n1. The van der Waals surface area contributed by atoms with Crippen LogP contribution in [0.3, 0.4) is 0 Å². The first kappa shape index (κ1) is 15.3. The summed E-state index contributed by atoms with van der Waals surface area (Å²) >= 11 is 1.44. The molecular formula is C15H21N5OS. The van der Waals surface area contributed by atoms with Crippen LogP contribution in [0.4, 0.5) is 0 Å². The normalized spacial score (nSPS) is 18.9. The molecule has 1 aliphatic heterocycles. The molecule has 0 N–H and O–H groups in total. The van der Waals surface area contributed by atoms with Crippen molar-refractivity contribution in [3.63, 3.8) is 0 Å². The van der Waals surface area contributed by atoms with Gasteiger partial charge in [0.1, 0.15) is 0 Å². The van der Waals surface area contributed by atoms with E-state index >= 15 is 0 Å². The maximum Gasteiger partial charge on any atom is 0.256 e. The largest absolute Gasteiger partial charge is 0.339 e. The van der Waals surface area contributed by atoms with E-state index in [4.69, 9.17) is 0 Å². The van der Waals surface area contributed by atoms with Crippen molar-refractivity contribution in [3.05, 3.63) is 17.5 Å². The average Bonchev–Trinajstić information content (AvgIpc) is 2.88. The molecular weight excluding hydrogens is 298 g/mol. The van der Waals surface area contributed by atoms with Crippen molar-refractivity contribution in [3.8, 4) is 0 Å². The summed E-state index contributed by atoms with van der Waals surface area (Å²) in [6.07, 6.45) is 3.43. The van der Waals surface area contributed by atoms with Crippen molar-refractivity contribution < 1.29 is 4.79 Å². The first-order valence-corrected chi connectivity index (χ1v) is 8.66. The van der Waals surface area contributed by atoms with Crippen LogP contribution in [0.2, 0.25) is 0 Å². The number of amides is 1. The highest BCUT2D eigenvalue weighted by atomic mass is 32.2. The quantitative estimate of drug-likeness (QED) is 0.812. The van der Waals surface area contributed by atoms with Crippen LogP contribution in [-0.2, 0) is 4.79 Å². The van der Waals surface area contributed by atoms with Crippen LogP contribution >= 0.6 is 11.8 Å². The van der Waals surface area contributed by atoms with Gasteiger partial charge >= 0.3 is 0 Å². The van der Waals surface area contributed by atoms with E-state index < -0.39 is 0 Å². The van der Waals surface area contributed by atoms with E-state index in [0.717, 1.165) is 35.9 Å². The van der Waals surface area contributed by atoms with Gasteiger partial charge in [0.15, 0.2) is 5.16 Å². The van der Waals surface area contributed by atoms with Gasteiger partial charge in [-0.2, -0.15) is 0 Å². The number of likely N-dealkylation sites (tertiary alicyclic amines) is 1. The van der Waals surface area contributed by atoms with Crippen LogP contribution in [0.25, 0.3) is 5.78 Å². The van der Waals surface area contributed by atoms with Gasteiger partial charge in [-0.1, -0.05) is 11.8 Å². The fourth-order valence-corrected chi connectivity index (χ4v) is 3.84. The number of carbonyl (C=O) groups is 1. The van der Waals surface area contributed by atoms with Gasteiger partial charge in [-0.15, -0.1) is 10.2 Å². The zero-order valence-corrected chi connectivity index (χ0v) is 14.1. The number of thioether (sulfide) groups is 1. The van der Waals surface area contributed by atoms with Gasteiger partial charge in [-0.25, -0.2) is 4.98 Å². The Morgan fingerprint density at radius 1 is 1.36 bits per heavy atom. The molecule has 3 heterocycles. The minimum Gasteiger partial charge on any atom is -0.339 e. The number of nitrogens with zero attached hydrogens (tertiary/aromatic N) is 5. The second-order valence-electron chi connectivity index (χ2n) is 5.88. The van der Waals surface area contributed by atoms with Crippen LogP contribution in [0.5, 0.6) is 0 Å². The lowest BCUT2D eigenvalue weighted by Gasteiger charge is -2.33. The highest BCUT2D eigenvalue weighted by molar-refractivity contribution is 7.99. The first-order valence-electron chi connectivity index (χ1n) is 7.68. The minimum atomic E-state index is 0.187. The van der Waals surface area contributed by atoms with Crippen molar-refractivity contribution in [2.45, 2.75) is 51.2 Å². The maximum absolute atomic E-state index is 12.4. The second kappa shape index (κ2) is 6.24. The standard InChI is InChI=1S/C15H21N5OS/c1-10-8-12(3)20-14(16-10)17-18-15(20)22-9-13(21)19-7-5-4-6-11(19)2/h8,11H,4-7,9H2,1-3H3/t11-/m1/s1. The van der Waals surface area contributed by atoms with E-state index in [1.54, 1.807) is 0 Å². The topological polar surface area (TPSA) is 63.4 Å². The number of fused-ring (bicyclic) bond motifs is 1. The molecule has 0 saturated carbocycles. The van der Waals surface area contributed by atoms with Crippen molar-refractivity contribution in [1.82, 2.24) is 24.5 Å². The fourth-order valence-electron chi connectivity index (χ4n) is 2.97. The Morgan fingerprint density at radius 3 is 2.95 bits per heavy atom. The average molecular weight is 319 g/mol. The summed E-state index contributed by atoms with van der Waals surface area (Å²) in [6, 6.07) is 2.35. The van der Waals surface area contributed by atoms with E-state index in [2.05, 4.69) is 22.1 Å². The Labute approximate surface area is 134 Å². The molecule has 0 aliphatic carbocycles. The number of rotatable bonds is 3. The van der Waals surface area contributed by atoms with Crippen molar-refractivity contribution in [2.24, 2.45) is 0 Å². The molecule has 0 bridgehead atoms. The minimum absolute atomic E-state index is 0.187. The predicted molar refractivity (Wildman–Crippen MR) is 86.0 cm³/mol. The summed E-state index contributed by atoms with van der Waals surface area (Å²) in [4.78, 5) is 18.8. The third-order valence-electron chi connectivity index (χ3n) is 4.11. The molecule has 0 spiro atoms. The van der Waals surface area contributed by atoms with Crippen LogP contribution in [0.15, 0.2) is 11.2 Å². The number of hydrogen-bond donors (Lipinski definition) is 0. The summed E-state index contributed by atoms with van der Waals surface area (Å²) in [5.74, 6) is 1.18. The molecule has 3 rings (SSSR count). The van der Waals surface area contributed by atoms with Gasteiger partial charge in [-0.05, 0) is 46.1 Å². The predicted octanol–water partition coefficient (Wildman–Crippen LogP) is 2.23. The highest BCUT2D eigenvalue weighted by Gasteiger charge is 2.23. The molecule has 6 nitrogen and oxygen atoms in total. The third kappa shape index (κ3) is 2.95. The van der Waals surface area contributed by atoms with Crippen LogP contribution in [0.1, 0.15) is 37.6 Å². The van der Waals surface area contributed by atoms with Crippen molar-refractivity contribution >= 4 is 23.4 Å². The number of piperidine rings is 1. The molecule has 0 aromatic carbocycles. The monoisotopic (exact) mass is 319 g/mol. The van der Waals surface area contributed by atoms with E-state index in [0.29, 0.717) is 17.6 Å². The maximum atomic E-state index is 12.4. The summed E-state index contributed by atoms with van der Waals surface area (Å²) in [5.41, 5.74) is 1.96. The number of hydrogen-bond acceptors (Lipinski definition) is 5. The van der Waals surface area contributed by atoms with Gasteiger partial charge in [0.2, 0.25) is 5.91 Å². The highest BCUT2D eigenvalue weighted by Crippen LogP contribution is 2.22. The Hall–Kier alpha value is -1.63. The lowest BCUT2D eigenvalue weighted by atomic mass is 10.0. The molecule has 0 unspecified atom stereocenters. The molecule has 1 amide bonds. The van der Waals surface area contributed by atoms with Crippen molar-refractivity contribution in [1.29, 1.82) is 0 Å². The van der Waals surface area contributed by atoms with E-state index in [1.807, 2.05) is 29.2 Å². The zero-order chi connectivity index (χ0) is 15.7. The Morgan fingerprint density at radius 2 is 2.18 bits per heavy atom. The van der Waals surface area contributed by atoms with Gasteiger partial charge < -0.3 is 4.90 Å². The summed E-state index contributed by atoms with van der Waals surface area (Å²) in [7, 11) is 0. The molecule has 2 aromatic heterocycles. The number of aromatic nitrogens is 4. The van der Waals surface area contributed by atoms with Gasteiger partial charge in [0.05, 0.1) is 5.75 Å². The Bertz CT molecular complexity index is 699.